The smallest absolute Gasteiger partial charge is 0.246 e. The lowest BCUT2D eigenvalue weighted by molar-refractivity contribution is -0.146. The van der Waals surface area contributed by atoms with E-state index in [1.54, 1.807) is 0 Å². The second-order valence-electron chi connectivity index (χ2n) is 4.17. The normalized spacial score (nSPS) is 26.5. The van der Waals surface area contributed by atoms with Crippen LogP contribution >= 0.6 is 0 Å². The standard InChI is InChI=1S/C10H15N3O3/c14-8-5-13(6-9(15)12-8)10(16)7-3-1-2-4-11-7/h7,11H,1-6H2,(H,12,14,15). The zero-order valence-electron chi connectivity index (χ0n) is 8.99. The average molecular weight is 225 g/mol. The molecule has 1 unspecified atom stereocenters. The SMILES string of the molecule is O=C1CN(C(=O)C2CCCCN2)CC(=O)N1. The van der Waals surface area contributed by atoms with E-state index in [2.05, 4.69) is 10.6 Å². The molecular weight excluding hydrogens is 210 g/mol. The highest BCUT2D eigenvalue weighted by Crippen LogP contribution is 2.10. The Morgan fingerprint density at radius 1 is 1.19 bits per heavy atom. The van der Waals surface area contributed by atoms with E-state index >= 15 is 0 Å². The summed E-state index contributed by atoms with van der Waals surface area (Å²) >= 11 is 0. The van der Waals surface area contributed by atoms with Crippen LogP contribution in [0.1, 0.15) is 19.3 Å². The minimum absolute atomic E-state index is 0.0112. The van der Waals surface area contributed by atoms with Crippen molar-refractivity contribution in [3.63, 3.8) is 0 Å². The van der Waals surface area contributed by atoms with Crippen LogP contribution in [-0.2, 0) is 14.4 Å². The highest BCUT2D eigenvalue weighted by Gasteiger charge is 2.31. The van der Waals surface area contributed by atoms with Crippen LogP contribution in [-0.4, -0.2) is 48.3 Å². The van der Waals surface area contributed by atoms with E-state index in [1.165, 1.54) is 4.90 Å². The molecular formula is C10H15N3O3. The zero-order valence-corrected chi connectivity index (χ0v) is 8.99. The molecule has 2 aliphatic rings. The van der Waals surface area contributed by atoms with E-state index in [-0.39, 0.29) is 25.0 Å². The third-order valence-electron chi connectivity index (χ3n) is 2.87. The number of hydrogen-bond acceptors (Lipinski definition) is 4. The minimum atomic E-state index is -0.402. The van der Waals surface area contributed by atoms with Gasteiger partial charge in [-0.2, -0.15) is 0 Å². The molecule has 0 aliphatic carbocycles. The summed E-state index contributed by atoms with van der Waals surface area (Å²) in [6, 6.07) is -0.229. The van der Waals surface area contributed by atoms with Crippen LogP contribution in [0.25, 0.3) is 0 Å². The van der Waals surface area contributed by atoms with Gasteiger partial charge in [0.05, 0.1) is 6.04 Å². The maximum atomic E-state index is 12.0. The van der Waals surface area contributed by atoms with Crippen molar-refractivity contribution in [2.24, 2.45) is 0 Å². The maximum absolute atomic E-state index is 12.0. The van der Waals surface area contributed by atoms with Crippen molar-refractivity contribution in [3.8, 4) is 0 Å². The van der Waals surface area contributed by atoms with Crippen molar-refractivity contribution in [1.29, 1.82) is 0 Å². The number of carbonyl (C=O) groups is 3. The Balaban J connectivity index is 1.97. The molecule has 0 saturated carbocycles. The van der Waals surface area contributed by atoms with Crippen LogP contribution in [0, 0.1) is 0 Å². The van der Waals surface area contributed by atoms with Gasteiger partial charge >= 0.3 is 0 Å². The molecule has 2 saturated heterocycles. The Bertz CT molecular complexity index is 307. The van der Waals surface area contributed by atoms with Gasteiger partial charge in [0, 0.05) is 0 Å². The molecule has 16 heavy (non-hydrogen) atoms. The fraction of sp³-hybridized carbons (Fsp3) is 0.700. The topological polar surface area (TPSA) is 78.5 Å². The molecule has 0 spiro atoms. The van der Waals surface area contributed by atoms with Crippen LogP contribution in [0.15, 0.2) is 0 Å². The van der Waals surface area contributed by atoms with Crippen LogP contribution in [0.2, 0.25) is 0 Å². The lowest BCUT2D eigenvalue weighted by Gasteiger charge is -2.31. The fourth-order valence-corrected chi connectivity index (χ4v) is 2.08. The van der Waals surface area contributed by atoms with Crippen molar-refractivity contribution < 1.29 is 14.4 Å². The molecule has 0 aromatic carbocycles. The number of carbonyl (C=O) groups excluding carboxylic acids is 3. The Labute approximate surface area is 93.4 Å². The molecule has 6 heteroatoms. The molecule has 3 amide bonds. The fourth-order valence-electron chi connectivity index (χ4n) is 2.08. The predicted octanol–water partition coefficient (Wildman–Crippen LogP) is -1.39. The summed E-state index contributed by atoms with van der Waals surface area (Å²) in [5.41, 5.74) is 0. The molecule has 2 fully saturated rings. The van der Waals surface area contributed by atoms with Crippen molar-refractivity contribution in [2.75, 3.05) is 19.6 Å². The lowest BCUT2D eigenvalue weighted by Crippen LogP contribution is -2.58. The molecule has 0 aromatic heterocycles. The van der Waals surface area contributed by atoms with E-state index < -0.39 is 11.8 Å². The number of piperidine rings is 1. The van der Waals surface area contributed by atoms with Crippen molar-refractivity contribution in [3.05, 3.63) is 0 Å². The zero-order chi connectivity index (χ0) is 11.5. The number of imide groups is 1. The van der Waals surface area contributed by atoms with E-state index in [9.17, 15) is 14.4 Å². The van der Waals surface area contributed by atoms with Crippen molar-refractivity contribution >= 4 is 17.7 Å². The molecule has 6 nitrogen and oxygen atoms in total. The number of nitrogens with zero attached hydrogens (tertiary/aromatic N) is 1. The molecule has 88 valence electrons. The van der Waals surface area contributed by atoms with Crippen LogP contribution in [0.4, 0.5) is 0 Å². The summed E-state index contributed by atoms with van der Waals surface area (Å²) in [5.74, 6) is -0.941. The first kappa shape index (κ1) is 11.1. The van der Waals surface area contributed by atoms with Gasteiger partial charge in [0.2, 0.25) is 17.7 Å². The summed E-state index contributed by atoms with van der Waals surface area (Å²) in [6.07, 6.45) is 2.87. The highest BCUT2D eigenvalue weighted by molar-refractivity contribution is 6.03. The maximum Gasteiger partial charge on any atom is 0.246 e. The monoisotopic (exact) mass is 225 g/mol. The van der Waals surface area contributed by atoms with Gasteiger partial charge in [0.25, 0.3) is 0 Å². The Morgan fingerprint density at radius 3 is 2.44 bits per heavy atom. The Hall–Kier alpha value is -1.43. The van der Waals surface area contributed by atoms with Gasteiger partial charge in [-0.1, -0.05) is 6.42 Å². The minimum Gasteiger partial charge on any atom is -0.323 e. The number of piperazine rings is 1. The molecule has 2 N–H and O–H groups in total. The average Bonchev–Trinajstić information content (AvgIpc) is 2.28. The van der Waals surface area contributed by atoms with Gasteiger partial charge in [-0.15, -0.1) is 0 Å². The van der Waals surface area contributed by atoms with Crippen LogP contribution in [0.3, 0.4) is 0 Å². The van der Waals surface area contributed by atoms with Gasteiger partial charge in [-0.05, 0) is 19.4 Å². The van der Waals surface area contributed by atoms with E-state index in [0.29, 0.717) is 0 Å². The summed E-state index contributed by atoms with van der Waals surface area (Å²) < 4.78 is 0. The third kappa shape index (κ3) is 2.38. The summed E-state index contributed by atoms with van der Waals surface area (Å²) in [6.45, 7) is 0.801. The second kappa shape index (κ2) is 4.61. The van der Waals surface area contributed by atoms with Gasteiger partial charge in [0.1, 0.15) is 13.1 Å². The molecule has 2 heterocycles. The lowest BCUT2D eigenvalue weighted by atomic mass is 10.0. The van der Waals surface area contributed by atoms with Crippen LogP contribution in [0.5, 0.6) is 0 Å². The van der Waals surface area contributed by atoms with Gasteiger partial charge in [-0.3, -0.25) is 19.7 Å². The molecule has 0 radical (unpaired) electrons. The second-order valence-corrected chi connectivity index (χ2v) is 4.17. The van der Waals surface area contributed by atoms with Crippen molar-refractivity contribution in [1.82, 2.24) is 15.5 Å². The largest absolute Gasteiger partial charge is 0.323 e. The molecule has 0 bridgehead atoms. The summed E-state index contributed by atoms with van der Waals surface area (Å²) in [4.78, 5) is 35.5. The van der Waals surface area contributed by atoms with Gasteiger partial charge < -0.3 is 10.2 Å². The summed E-state index contributed by atoms with van der Waals surface area (Å²) in [7, 11) is 0. The number of nitrogens with one attached hydrogen (secondary N) is 2. The Morgan fingerprint density at radius 2 is 1.88 bits per heavy atom. The van der Waals surface area contributed by atoms with Crippen LogP contribution < -0.4 is 10.6 Å². The predicted molar refractivity (Wildman–Crippen MR) is 55.4 cm³/mol. The van der Waals surface area contributed by atoms with E-state index in [0.717, 1.165) is 25.8 Å². The first-order valence-corrected chi connectivity index (χ1v) is 5.51. The first-order chi connectivity index (χ1) is 7.66. The quantitative estimate of drug-likeness (QED) is 0.539. The number of rotatable bonds is 1. The summed E-state index contributed by atoms with van der Waals surface area (Å²) in [5, 5.41) is 5.29. The first-order valence-electron chi connectivity index (χ1n) is 5.51. The van der Waals surface area contributed by atoms with E-state index in [4.69, 9.17) is 0 Å². The number of amides is 3. The van der Waals surface area contributed by atoms with Gasteiger partial charge in [0.15, 0.2) is 0 Å². The van der Waals surface area contributed by atoms with E-state index in [1.807, 2.05) is 0 Å². The van der Waals surface area contributed by atoms with Gasteiger partial charge in [-0.25, -0.2) is 0 Å². The molecule has 2 rings (SSSR count). The third-order valence-corrected chi connectivity index (χ3v) is 2.87. The molecule has 2 aliphatic heterocycles. The molecule has 1 atom stereocenters. The van der Waals surface area contributed by atoms with Crippen molar-refractivity contribution in [2.45, 2.75) is 25.3 Å². The highest BCUT2D eigenvalue weighted by atomic mass is 16.2. The number of hydrogen-bond donors (Lipinski definition) is 2. The Kier molecular flexibility index (Phi) is 3.19. The molecule has 0 aromatic rings.